The van der Waals surface area contributed by atoms with Crippen molar-refractivity contribution < 1.29 is 4.79 Å². The summed E-state index contributed by atoms with van der Waals surface area (Å²) < 4.78 is 0.743. The Hall–Kier alpha value is -1.52. The number of carbonyl (C=O) groups is 1. The minimum atomic E-state index is -0.0877. The fourth-order valence-electron chi connectivity index (χ4n) is 2.19. The number of aryl methyl sites for hydroxylation is 1. The molecule has 2 rings (SSSR count). The summed E-state index contributed by atoms with van der Waals surface area (Å²) >= 11 is 7.40. The van der Waals surface area contributed by atoms with Gasteiger partial charge >= 0.3 is 6.03 Å². The maximum absolute atomic E-state index is 12.2. The maximum Gasteiger partial charge on any atom is 0.317 e. The van der Waals surface area contributed by atoms with Crippen LogP contribution in [-0.2, 0) is 6.54 Å². The van der Waals surface area contributed by atoms with Crippen molar-refractivity contribution >= 4 is 29.0 Å². The summed E-state index contributed by atoms with van der Waals surface area (Å²) in [7, 11) is 1.79. The first-order valence-corrected chi connectivity index (χ1v) is 7.98. The molecule has 0 spiro atoms. The van der Waals surface area contributed by atoms with E-state index >= 15 is 0 Å². The van der Waals surface area contributed by atoms with Gasteiger partial charge in [-0.15, -0.1) is 11.3 Å². The lowest BCUT2D eigenvalue weighted by Gasteiger charge is -2.22. The topological polar surface area (TPSA) is 32.3 Å². The summed E-state index contributed by atoms with van der Waals surface area (Å²) in [4.78, 5) is 15.0. The average Bonchev–Trinajstić information content (AvgIpc) is 2.84. The normalized spacial score (nSPS) is 12.0. The molecule has 2 amide bonds. The van der Waals surface area contributed by atoms with Gasteiger partial charge in [0.05, 0.1) is 16.9 Å². The molecule has 0 aliphatic heterocycles. The number of rotatable bonds is 4. The number of carbonyl (C=O) groups excluding carboxylic acids is 1. The minimum absolute atomic E-state index is 0.0203. The Morgan fingerprint density at radius 3 is 2.67 bits per heavy atom. The Labute approximate surface area is 134 Å². The van der Waals surface area contributed by atoms with Crippen LogP contribution in [0.4, 0.5) is 4.79 Å². The number of halogens is 1. The molecule has 0 aliphatic carbocycles. The fraction of sp³-hybridized carbons (Fsp3) is 0.312. The number of urea groups is 1. The standard InChI is InChI=1S/C16H19ClN2OS/c1-11-6-4-5-7-14(11)12(2)18-16(20)19(3)10-13-8-9-15(17)21-13/h4-9,12H,10H2,1-3H3,(H,18,20). The van der Waals surface area contributed by atoms with Gasteiger partial charge in [-0.1, -0.05) is 35.9 Å². The number of hydrogen-bond donors (Lipinski definition) is 1. The second-order valence-electron chi connectivity index (χ2n) is 5.09. The molecule has 0 bridgehead atoms. The molecule has 1 atom stereocenters. The Morgan fingerprint density at radius 1 is 1.33 bits per heavy atom. The van der Waals surface area contributed by atoms with Gasteiger partial charge in [-0.05, 0) is 37.1 Å². The molecule has 1 N–H and O–H groups in total. The van der Waals surface area contributed by atoms with Crippen molar-refractivity contribution in [1.29, 1.82) is 0 Å². The van der Waals surface area contributed by atoms with E-state index in [0.29, 0.717) is 6.54 Å². The largest absolute Gasteiger partial charge is 0.331 e. The zero-order valence-corrected chi connectivity index (χ0v) is 14.0. The first-order valence-electron chi connectivity index (χ1n) is 6.78. The molecule has 1 aromatic heterocycles. The van der Waals surface area contributed by atoms with E-state index in [4.69, 9.17) is 11.6 Å². The molecule has 0 saturated carbocycles. The van der Waals surface area contributed by atoms with Crippen LogP contribution in [0.5, 0.6) is 0 Å². The van der Waals surface area contributed by atoms with Crippen LogP contribution in [0, 0.1) is 6.92 Å². The molecule has 0 fully saturated rings. The second kappa shape index (κ2) is 6.96. The third-order valence-electron chi connectivity index (χ3n) is 3.36. The van der Waals surface area contributed by atoms with Gasteiger partial charge in [-0.2, -0.15) is 0 Å². The van der Waals surface area contributed by atoms with Crippen molar-refractivity contribution in [3.63, 3.8) is 0 Å². The number of thiophene rings is 1. The quantitative estimate of drug-likeness (QED) is 0.875. The monoisotopic (exact) mass is 322 g/mol. The third-order valence-corrected chi connectivity index (χ3v) is 4.58. The van der Waals surface area contributed by atoms with E-state index in [-0.39, 0.29) is 12.1 Å². The highest BCUT2D eigenvalue weighted by atomic mass is 35.5. The fourth-order valence-corrected chi connectivity index (χ4v) is 3.33. The average molecular weight is 323 g/mol. The van der Waals surface area contributed by atoms with Gasteiger partial charge in [0.1, 0.15) is 0 Å². The van der Waals surface area contributed by atoms with E-state index in [1.54, 1.807) is 11.9 Å². The predicted molar refractivity (Wildman–Crippen MR) is 88.9 cm³/mol. The summed E-state index contributed by atoms with van der Waals surface area (Å²) in [5.74, 6) is 0. The van der Waals surface area contributed by atoms with Gasteiger partial charge in [0.2, 0.25) is 0 Å². The lowest BCUT2D eigenvalue weighted by Crippen LogP contribution is -2.38. The first-order chi connectivity index (χ1) is 9.97. The molecule has 2 aromatic rings. The number of amides is 2. The Morgan fingerprint density at radius 2 is 2.05 bits per heavy atom. The van der Waals surface area contributed by atoms with Gasteiger partial charge in [0, 0.05) is 11.9 Å². The molecule has 0 radical (unpaired) electrons. The smallest absolute Gasteiger partial charge is 0.317 e. The van der Waals surface area contributed by atoms with Crippen molar-refractivity contribution in [2.75, 3.05) is 7.05 Å². The van der Waals surface area contributed by atoms with Crippen molar-refractivity contribution in [2.45, 2.75) is 26.4 Å². The zero-order chi connectivity index (χ0) is 15.4. The number of nitrogens with one attached hydrogen (secondary N) is 1. The van der Waals surface area contributed by atoms with Crippen LogP contribution in [0.25, 0.3) is 0 Å². The van der Waals surface area contributed by atoms with Crippen LogP contribution < -0.4 is 5.32 Å². The van der Waals surface area contributed by atoms with Crippen LogP contribution in [0.2, 0.25) is 4.34 Å². The Balaban J connectivity index is 1.96. The van der Waals surface area contributed by atoms with Gasteiger partial charge in [-0.3, -0.25) is 0 Å². The molecule has 21 heavy (non-hydrogen) atoms. The van der Waals surface area contributed by atoms with Crippen molar-refractivity contribution in [2.24, 2.45) is 0 Å². The van der Waals surface area contributed by atoms with Crippen molar-refractivity contribution in [3.05, 3.63) is 56.7 Å². The molecular formula is C16H19ClN2OS. The van der Waals surface area contributed by atoms with Crippen LogP contribution in [0.15, 0.2) is 36.4 Å². The van der Waals surface area contributed by atoms with Gasteiger partial charge in [-0.25, -0.2) is 4.79 Å². The Kier molecular flexibility index (Phi) is 5.26. The zero-order valence-electron chi connectivity index (χ0n) is 12.4. The van der Waals surface area contributed by atoms with E-state index in [9.17, 15) is 4.79 Å². The maximum atomic E-state index is 12.2. The highest BCUT2D eigenvalue weighted by Crippen LogP contribution is 2.22. The van der Waals surface area contributed by atoms with Crippen molar-refractivity contribution in [1.82, 2.24) is 10.2 Å². The minimum Gasteiger partial charge on any atom is -0.331 e. The molecule has 112 valence electrons. The molecule has 5 heteroatoms. The first kappa shape index (κ1) is 15.9. The summed E-state index contributed by atoms with van der Waals surface area (Å²) in [6.45, 7) is 4.61. The predicted octanol–water partition coefficient (Wildman–Crippen LogP) is 4.61. The lowest BCUT2D eigenvalue weighted by atomic mass is 10.0. The molecule has 1 heterocycles. The van der Waals surface area contributed by atoms with E-state index in [1.165, 1.54) is 16.9 Å². The number of nitrogens with zero attached hydrogens (tertiary/aromatic N) is 1. The van der Waals surface area contributed by atoms with E-state index in [1.807, 2.05) is 37.3 Å². The van der Waals surface area contributed by atoms with Crippen molar-refractivity contribution in [3.8, 4) is 0 Å². The molecule has 0 saturated heterocycles. The highest BCUT2D eigenvalue weighted by Gasteiger charge is 2.15. The second-order valence-corrected chi connectivity index (χ2v) is 6.89. The van der Waals surface area contributed by atoms with Gasteiger partial charge in [0.25, 0.3) is 0 Å². The van der Waals surface area contributed by atoms with E-state index in [2.05, 4.69) is 18.3 Å². The van der Waals surface area contributed by atoms with E-state index in [0.717, 1.165) is 14.8 Å². The van der Waals surface area contributed by atoms with Crippen LogP contribution in [-0.4, -0.2) is 18.0 Å². The molecule has 0 aliphatic rings. The number of benzene rings is 1. The van der Waals surface area contributed by atoms with Gasteiger partial charge < -0.3 is 10.2 Å². The molecule has 3 nitrogen and oxygen atoms in total. The number of hydrogen-bond acceptors (Lipinski definition) is 2. The van der Waals surface area contributed by atoms with Gasteiger partial charge in [0.15, 0.2) is 0 Å². The molecular weight excluding hydrogens is 304 g/mol. The summed E-state index contributed by atoms with van der Waals surface area (Å²) in [6.07, 6.45) is 0. The summed E-state index contributed by atoms with van der Waals surface area (Å²) in [5, 5.41) is 3.02. The van der Waals surface area contributed by atoms with Crippen LogP contribution >= 0.6 is 22.9 Å². The highest BCUT2D eigenvalue weighted by molar-refractivity contribution is 7.16. The third kappa shape index (κ3) is 4.22. The Bertz CT molecular complexity index is 626. The van der Waals surface area contributed by atoms with Crippen LogP contribution in [0.1, 0.15) is 29.0 Å². The SMILES string of the molecule is Cc1ccccc1C(C)NC(=O)N(C)Cc1ccc(Cl)s1. The van der Waals surface area contributed by atoms with E-state index < -0.39 is 0 Å². The molecule has 1 aromatic carbocycles. The lowest BCUT2D eigenvalue weighted by molar-refractivity contribution is 0.204. The summed E-state index contributed by atoms with van der Waals surface area (Å²) in [6, 6.07) is 11.8. The summed E-state index contributed by atoms with van der Waals surface area (Å²) in [5.41, 5.74) is 2.32. The van der Waals surface area contributed by atoms with Crippen LogP contribution in [0.3, 0.4) is 0 Å². The molecule has 1 unspecified atom stereocenters.